The molecule has 0 atom stereocenters. The second kappa shape index (κ2) is 5.42. The van der Waals surface area contributed by atoms with E-state index >= 15 is 0 Å². The van der Waals surface area contributed by atoms with Crippen LogP contribution in [0.4, 0.5) is 0 Å². The summed E-state index contributed by atoms with van der Waals surface area (Å²) in [6, 6.07) is 14.3. The van der Waals surface area contributed by atoms with Crippen molar-refractivity contribution in [3.05, 3.63) is 56.3 Å². The van der Waals surface area contributed by atoms with E-state index in [1.807, 2.05) is 24.3 Å². The smallest absolute Gasteiger partial charge is 0.129 e. The molecule has 0 saturated carbocycles. The van der Waals surface area contributed by atoms with Crippen LogP contribution in [0.15, 0.2) is 46.9 Å². The van der Waals surface area contributed by atoms with Gasteiger partial charge in [-0.15, -0.1) is 11.6 Å². The first-order chi connectivity index (χ1) is 9.20. The number of aromatic nitrogens is 2. The summed E-state index contributed by atoms with van der Waals surface area (Å²) in [5.41, 5.74) is 3.14. The molecule has 0 bridgehead atoms. The standard InChI is InChI=1S/C14H9BrClIN2/c15-9-5-6-10(17)13(7-9)19-12-4-2-1-3-11(12)18-14(19)8-16/h1-7H,8H2. The zero-order valence-corrected chi connectivity index (χ0v) is 14.3. The van der Waals surface area contributed by atoms with Crippen molar-refractivity contribution in [3.8, 4) is 5.69 Å². The van der Waals surface area contributed by atoms with Gasteiger partial charge >= 0.3 is 0 Å². The summed E-state index contributed by atoms with van der Waals surface area (Å²) in [6.45, 7) is 0. The second-order valence-electron chi connectivity index (χ2n) is 4.08. The second-order valence-corrected chi connectivity index (χ2v) is 6.43. The molecule has 19 heavy (non-hydrogen) atoms. The number of imidazole rings is 1. The number of fused-ring (bicyclic) bond motifs is 1. The quantitative estimate of drug-likeness (QED) is 0.393. The minimum atomic E-state index is 0.386. The van der Waals surface area contributed by atoms with Crippen molar-refractivity contribution in [2.45, 2.75) is 5.88 Å². The lowest BCUT2D eigenvalue weighted by Crippen LogP contribution is -2.01. The first-order valence-corrected chi connectivity index (χ1v) is 8.09. The van der Waals surface area contributed by atoms with Crippen LogP contribution in [-0.4, -0.2) is 9.55 Å². The van der Waals surface area contributed by atoms with Crippen LogP contribution in [-0.2, 0) is 5.88 Å². The van der Waals surface area contributed by atoms with Gasteiger partial charge in [0, 0.05) is 8.04 Å². The van der Waals surface area contributed by atoms with Gasteiger partial charge < -0.3 is 0 Å². The maximum atomic E-state index is 6.05. The van der Waals surface area contributed by atoms with E-state index in [-0.39, 0.29) is 0 Å². The number of alkyl halides is 1. The van der Waals surface area contributed by atoms with Crippen LogP contribution in [0.2, 0.25) is 0 Å². The van der Waals surface area contributed by atoms with E-state index in [4.69, 9.17) is 11.6 Å². The van der Waals surface area contributed by atoms with Crippen LogP contribution in [0.3, 0.4) is 0 Å². The fourth-order valence-electron chi connectivity index (χ4n) is 2.09. The molecule has 0 radical (unpaired) electrons. The van der Waals surface area contributed by atoms with E-state index in [9.17, 15) is 0 Å². The summed E-state index contributed by atoms with van der Waals surface area (Å²) in [5, 5.41) is 0. The van der Waals surface area contributed by atoms with Gasteiger partial charge in [0.1, 0.15) is 5.82 Å². The maximum absolute atomic E-state index is 6.05. The third kappa shape index (κ3) is 2.41. The van der Waals surface area contributed by atoms with Gasteiger partial charge in [-0.25, -0.2) is 4.98 Å². The van der Waals surface area contributed by atoms with Gasteiger partial charge in [0.05, 0.1) is 22.6 Å². The summed E-state index contributed by atoms with van der Waals surface area (Å²) in [6.07, 6.45) is 0. The molecule has 1 heterocycles. The molecular weight excluding hydrogens is 438 g/mol. The van der Waals surface area contributed by atoms with Crippen molar-refractivity contribution in [1.29, 1.82) is 0 Å². The molecule has 0 aliphatic heterocycles. The van der Waals surface area contributed by atoms with E-state index in [0.29, 0.717) is 5.88 Å². The molecule has 2 nitrogen and oxygen atoms in total. The minimum Gasteiger partial charge on any atom is -0.294 e. The lowest BCUT2D eigenvalue weighted by molar-refractivity contribution is 0.976. The molecule has 2 aromatic carbocycles. The maximum Gasteiger partial charge on any atom is 0.129 e. The Balaban J connectivity index is 2.37. The van der Waals surface area contributed by atoms with Gasteiger partial charge in [0.15, 0.2) is 0 Å². The Morgan fingerprint density at radius 1 is 1.21 bits per heavy atom. The number of halogens is 3. The molecule has 0 unspecified atom stereocenters. The highest BCUT2D eigenvalue weighted by molar-refractivity contribution is 14.1. The van der Waals surface area contributed by atoms with Crippen molar-refractivity contribution in [2.24, 2.45) is 0 Å². The van der Waals surface area contributed by atoms with E-state index < -0.39 is 0 Å². The number of hydrogen-bond donors (Lipinski definition) is 0. The highest BCUT2D eigenvalue weighted by Gasteiger charge is 2.13. The average molecular weight is 448 g/mol. The summed E-state index contributed by atoms with van der Waals surface area (Å²) < 4.78 is 4.33. The molecule has 0 spiro atoms. The normalized spacial score (nSPS) is 11.1. The Kier molecular flexibility index (Phi) is 3.82. The fourth-order valence-corrected chi connectivity index (χ4v) is 3.20. The van der Waals surface area contributed by atoms with Crippen molar-refractivity contribution >= 4 is 61.2 Å². The minimum absolute atomic E-state index is 0.386. The van der Waals surface area contributed by atoms with Gasteiger partial charge in [0.2, 0.25) is 0 Å². The molecule has 3 rings (SSSR count). The third-order valence-corrected chi connectivity index (χ3v) is 4.54. The number of benzene rings is 2. The molecule has 0 aliphatic carbocycles. The summed E-state index contributed by atoms with van der Waals surface area (Å²) >= 11 is 11.9. The zero-order valence-electron chi connectivity index (χ0n) is 9.78. The summed E-state index contributed by atoms with van der Waals surface area (Å²) in [7, 11) is 0. The molecule has 0 fully saturated rings. The largest absolute Gasteiger partial charge is 0.294 e. The van der Waals surface area contributed by atoms with E-state index in [1.54, 1.807) is 0 Å². The zero-order chi connectivity index (χ0) is 13.4. The highest BCUT2D eigenvalue weighted by Crippen LogP contribution is 2.28. The van der Waals surface area contributed by atoms with Crippen molar-refractivity contribution in [2.75, 3.05) is 0 Å². The van der Waals surface area contributed by atoms with Gasteiger partial charge in [-0.05, 0) is 52.9 Å². The van der Waals surface area contributed by atoms with Crippen LogP contribution in [0.5, 0.6) is 0 Å². The number of hydrogen-bond acceptors (Lipinski definition) is 1. The van der Waals surface area contributed by atoms with Crippen molar-refractivity contribution in [3.63, 3.8) is 0 Å². The third-order valence-electron chi connectivity index (χ3n) is 2.90. The lowest BCUT2D eigenvalue weighted by atomic mass is 10.3. The summed E-state index contributed by atoms with van der Waals surface area (Å²) in [4.78, 5) is 4.59. The molecular formula is C14H9BrClIN2. The lowest BCUT2D eigenvalue weighted by Gasteiger charge is -2.10. The average Bonchev–Trinajstić information content (AvgIpc) is 2.80. The highest BCUT2D eigenvalue weighted by atomic mass is 127. The monoisotopic (exact) mass is 446 g/mol. The Bertz CT molecular complexity index is 754. The topological polar surface area (TPSA) is 17.8 Å². The summed E-state index contributed by atoms with van der Waals surface area (Å²) in [5.74, 6) is 1.25. The van der Waals surface area contributed by atoms with E-state index in [2.05, 4.69) is 66.3 Å². The number of para-hydroxylation sites is 2. The van der Waals surface area contributed by atoms with Crippen LogP contribution in [0, 0.1) is 3.57 Å². The molecule has 96 valence electrons. The predicted molar refractivity (Wildman–Crippen MR) is 91.0 cm³/mol. The number of nitrogens with zero attached hydrogens (tertiary/aromatic N) is 2. The van der Waals surface area contributed by atoms with Crippen LogP contribution in [0.25, 0.3) is 16.7 Å². The van der Waals surface area contributed by atoms with Crippen LogP contribution in [0.1, 0.15) is 5.82 Å². The van der Waals surface area contributed by atoms with Gasteiger partial charge in [-0.2, -0.15) is 0 Å². The van der Waals surface area contributed by atoms with E-state index in [0.717, 1.165) is 30.6 Å². The van der Waals surface area contributed by atoms with Gasteiger partial charge in [0.25, 0.3) is 0 Å². The molecule has 0 aliphatic rings. The van der Waals surface area contributed by atoms with E-state index in [1.165, 1.54) is 0 Å². The Labute approximate surface area is 138 Å². The van der Waals surface area contributed by atoms with Crippen molar-refractivity contribution < 1.29 is 0 Å². The molecule has 5 heteroatoms. The number of rotatable bonds is 2. The van der Waals surface area contributed by atoms with Crippen molar-refractivity contribution in [1.82, 2.24) is 9.55 Å². The first-order valence-electron chi connectivity index (χ1n) is 5.68. The fraction of sp³-hybridized carbons (Fsp3) is 0.0714. The molecule has 1 aromatic heterocycles. The SMILES string of the molecule is ClCc1nc2ccccc2n1-c1cc(Br)ccc1I. The van der Waals surface area contributed by atoms with Crippen LogP contribution < -0.4 is 0 Å². The Hall–Kier alpha value is -0.590. The molecule has 0 N–H and O–H groups in total. The first kappa shape index (κ1) is 13.4. The molecule has 0 saturated heterocycles. The molecule has 3 aromatic rings. The Morgan fingerprint density at radius 2 is 2.00 bits per heavy atom. The Morgan fingerprint density at radius 3 is 2.79 bits per heavy atom. The molecule has 0 amide bonds. The van der Waals surface area contributed by atoms with Crippen LogP contribution >= 0.6 is 50.1 Å². The van der Waals surface area contributed by atoms with Gasteiger partial charge in [-0.3, -0.25) is 4.57 Å². The predicted octanol–water partition coefficient (Wildman–Crippen LogP) is 5.13. The van der Waals surface area contributed by atoms with Gasteiger partial charge in [-0.1, -0.05) is 28.1 Å².